The van der Waals surface area contributed by atoms with Crippen LogP contribution in [0.25, 0.3) is 0 Å². The van der Waals surface area contributed by atoms with Crippen molar-refractivity contribution >= 4 is 5.91 Å². The predicted octanol–water partition coefficient (Wildman–Crippen LogP) is 14.4. The van der Waals surface area contributed by atoms with Crippen LogP contribution in [0.2, 0.25) is 0 Å². The van der Waals surface area contributed by atoms with Crippen molar-refractivity contribution in [1.29, 1.82) is 0 Å². The fourth-order valence-electron chi connectivity index (χ4n) is 13.8. The van der Waals surface area contributed by atoms with Crippen molar-refractivity contribution in [3.8, 4) is 0 Å². The molecule has 3 saturated heterocycles. The molecule has 19 nitrogen and oxygen atoms in total. The second kappa shape index (κ2) is 64.1. The minimum Gasteiger partial charge on any atom is -0.394 e. The Labute approximate surface area is 623 Å². The van der Waals surface area contributed by atoms with Gasteiger partial charge in [0.2, 0.25) is 5.91 Å². The topological polar surface area (TPSA) is 307 Å². The molecule has 1 amide bonds. The number of hydrogen-bond donors (Lipinski definition) is 12. The highest BCUT2D eigenvalue weighted by molar-refractivity contribution is 5.76. The Morgan fingerprint density at radius 3 is 1.09 bits per heavy atom. The summed E-state index contributed by atoms with van der Waals surface area (Å²) < 4.78 is 34.4. The lowest BCUT2D eigenvalue weighted by atomic mass is 9.96. The van der Waals surface area contributed by atoms with Gasteiger partial charge in [-0.1, -0.05) is 318 Å². The standard InChI is InChI=1S/C84H151NO18/c1-3-5-7-9-11-13-15-17-19-21-23-24-25-26-27-28-29-30-31-32-33-34-35-36-37-38-39-40-41-42-44-46-48-50-52-54-56-58-60-62-72(90)85-67(68(89)61-59-57-55-53-51-49-47-45-43-22-20-18-16-14-12-10-8-6-4-2)66-98-82-78(96)75(93)80(70(64-87)100-82)103-84-79(97)76(94)81(71(65-88)101-84)102-83-77(95)74(92)73(91)69(63-86)99-83/h5,7,11,13,17,19,23-24,51,53,59,61,67-71,73-84,86-89,91-97H,3-4,6,8-10,12,14-16,18,20-22,25-50,52,54-58,60,62-66H2,1-2H3,(H,85,90)/b7-5-,13-11-,19-17-,24-23-,53-51+,61-59+. The number of hydrogen-bond acceptors (Lipinski definition) is 18. The molecule has 0 spiro atoms. The Bertz CT molecular complexity index is 2140. The van der Waals surface area contributed by atoms with Gasteiger partial charge in [0.15, 0.2) is 18.9 Å². The Balaban J connectivity index is 1.31. The van der Waals surface area contributed by atoms with Crippen molar-refractivity contribution in [2.45, 2.75) is 426 Å². The number of carbonyl (C=O) groups excluding carboxylic acids is 1. The highest BCUT2D eigenvalue weighted by atomic mass is 16.8. The summed E-state index contributed by atoms with van der Waals surface area (Å²) >= 11 is 0. The zero-order valence-electron chi connectivity index (χ0n) is 64.3. The zero-order chi connectivity index (χ0) is 74.6. The summed E-state index contributed by atoms with van der Waals surface area (Å²) in [5.41, 5.74) is 0. The third kappa shape index (κ3) is 43.9. The summed E-state index contributed by atoms with van der Waals surface area (Å²) in [4.78, 5) is 13.5. The minimum absolute atomic E-state index is 0.238. The van der Waals surface area contributed by atoms with Crippen LogP contribution in [0.4, 0.5) is 0 Å². The van der Waals surface area contributed by atoms with Crippen molar-refractivity contribution in [2.24, 2.45) is 0 Å². The lowest BCUT2D eigenvalue weighted by Crippen LogP contribution is -2.66. The van der Waals surface area contributed by atoms with E-state index in [0.717, 1.165) is 64.2 Å². The smallest absolute Gasteiger partial charge is 0.220 e. The highest BCUT2D eigenvalue weighted by Gasteiger charge is 2.54. The van der Waals surface area contributed by atoms with Gasteiger partial charge in [-0.05, 0) is 70.6 Å². The molecule has 3 aliphatic rings. The molecule has 0 aliphatic carbocycles. The number of allylic oxidation sites excluding steroid dienone is 11. The molecule has 600 valence electrons. The number of nitrogens with one attached hydrogen (secondary N) is 1. The van der Waals surface area contributed by atoms with Gasteiger partial charge in [0.25, 0.3) is 0 Å². The van der Waals surface area contributed by atoms with E-state index in [1.54, 1.807) is 6.08 Å². The molecule has 0 aromatic carbocycles. The van der Waals surface area contributed by atoms with Crippen LogP contribution in [0.15, 0.2) is 72.9 Å². The molecule has 0 bridgehead atoms. The fraction of sp³-hybridized carbons (Fsp3) is 0.845. The van der Waals surface area contributed by atoms with Crippen LogP contribution in [-0.2, 0) is 33.2 Å². The van der Waals surface area contributed by atoms with Gasteiger partial charge in [0, 0.05) is 6.42 Å². The largest absolute Gasteiger partial charge is 0.394 e. The maximum atomic E-state index is 13.5. The Morgan fingerprint density at radius 2 is 0.680 bits per heavy atom. The lowest BCUT2D eigenvalue weighted by Gasteiger charge is -2.48. The second-order valence-corrected chi connectivity index (χ2v) is 29.6. The normalized spacial score (nSPS) is 26.4. The average molecular weight is 1460 g/mol. The zero-order valence-corrected chi connectivity index (χ0v) is 64.3. The van der Waals surface area contributed by atoms with Crippen molar-refractivity contribution in [3.63, 3.8) is 0 Å². The molecule has 103 heavy (non-hydrogen) atoms. The Kier molecular flexibility index (Phi) is 58.8. The third-order valence-electron chi connectivity index (χ3n) is 20.5. The summed E-state index contributed by atoms with van der Waals surface area (Å²) in [6.45, 7) is 1.64. The van der Waals surface area contributed by atoms with E-state index in [1.807, 2.05) is 6.08 Å². The van der Waals surface area contributed by atoms with E-state index < -0.39 is 124 Å². The van der Waals surface area contributed by atoms with E-state index >= 15 is 0 Å². The summed E-state index contributed by atoms with van der Waals surface area (Å²) in [5.74, 6) is -0.280. The first kappa shape index (κ1) is 94.4. The number of aliphatic hydroxyl groups excluding tert-OH is 11. The van der Waals surface area contributed by atoms with Crippen LogP contribution in [0.1, 0.15) is 322 Å². The molecule has 12 N–H and O–H groups in total. The number of aliphatic hydroxyl groups is 11. The van der Waals surface area contributed by atoms with E-state index in [9.17, 15) is 61.0 Å². The molecule has 3 fully saturated rings. The number of carbonyl (C=O) groups is 1. The SMILES string of the molecule is CC/C=C\C/C=C\C/C=C\C/C=C\CCCCCCCCCCCCCCCCCCCCCCCCCCCCC(=O)NC(COC1OC(CO)C(OC2OC(CO)C(OC3OC(CO)C(O)C(O)C3O)C(O)C2O)C(O)C1O)C(O)/C=C/CC/C=C/CCCCCCCCCCCCCCC. The van der Waals surface area contributed by atoms with Crippen LogP contribution < -0.4 is 5.32 Å². The average Bonchev–Trinajstić information content (AvgIpc) is 0.781. The Hall–Kier alpha value is -2.77. The molecular formula is C84H151NO18. The third-order valence-corrected chi connectivity index (χ3v) is 20.5. The number of ether oxygens (including phenoxy) is 6. The molecule has 19 heteroatoms. The molecule has 0 aromatic rings. The van der Waals surface area contributed by atoms with Gasteiger partial charge in [-0.2, -0.15) is 0 Å². The summed E-state index contributed by atoms with van der Waals surface area (Å²) in [5, 5.41) is 121. The first-order valence-electron chi connectivity index (χ1n) is 41.7. The van der Waals surface area contributed by atoms with E-state index in [2.05, 4.69) is 79.9 Å². The maximum Gasteiger partial charge on any atom is 0.220 e. The number of unbranched alkanes of at least 4 members (excludes halogenated alkanes) is 40. The van der Waals surface area contributed by atoms with Gasteiger partial charge in [0.05, 0.1) is 38.6 Å². The van der Waals surface area contributed by atoms with Crippen LogP contribution in [0.3, 0.4) is 0 Å². The number of amides is 1. The van der Waals surface area contributed by atoms with Gasteiger partial charge in [-0.3, -0.25) is 4.79 Å². The summed E-state index contributed by atoms with van der Waals surface area (Å²) in [7, 11) is 0. The van der Waals surface area contributed by atoms with Crippen molar-refractivity contribution < 1.29 is 89.4 Å². The van der Waals surface area contributed by atoms with Gasteiger partial charge in [-0.15, -0.1) is 0 Å². The van der Waals surface area contributed by atoms with Gasteiger partial charge in [0.1, 0.15) is 73.2 Å². The van der Waals surface area contributed by atoms with E-state index in [1.165, 1.54) is 225 Å². The molecule has 17 atom stereocenters. The summed E-state index contributed by atoms with van der Waals surface area (Å²) in [6.07, 6.45) is 57.7. The van der Waals surface area contributed by atoms with Crippen LogP contribution in [0, 0.1) is 0 Å². The van der Waals surface area contributed by atoms with Crippen LogP contribution in [-0.4, -0.2) is 193 Å². The molecule has 0 aromatic heterocycles. The molecule has 3 rings (SSSR count). The van der Waals surface area contributed by atoms with Crippen molar-refractivity contribution in [3.05, 3.63) is 72.9 Å². The van der Waals surface area contributed by atoms with Crippen molar-refractivity contribution in [2.75, 3.05) is 26.4 Å². The molecule has 17 unspecified atom stereocenters. The minimum atomic E-state index is -1.98. The fourth-order valence-corrected chi connectivity index (χ4v) is 13.8. The quantitative estimate of drug-likeness (QED) is 0.0199. The molecule has 0 radical (unpaired) electrons. The molecule has 3 heterocycles. The number of rotatable bonds is 66. The molecular weight excluding hydrogens is 1310 g/mol. The maximum absolute atomic E-state index is 13.5. The van der Waals surface area contributed by atoms with Crippen LogP contribution in [0.5, 0.6) is 0 Å². The Morgan fingerprint density at radius 1 is 0.359 bits per heavy atom. The molecule has 0 saturated carbocycles. The monoisotopic (exact) mass is 1460 g/mol. The van der Waals surface area contributed by atoms with E-state index in [4.69, 9.17) is 28.4 Å². The first-order valence-corrected chi connectivity index (χ1v) is 41.7. The first-order chi connectivity index (χ1) is 50.3. The van der Waals surface area contributed by atoms with Crippen LogP contribution >= 0.6 is 0 Å². The predicted molar refractivity (Wildman–Crippen MR) is 411 cm³/mol. The highest BCUT2D eigenvalue weighted by Crippen LogP contribution is 2.33. The van der Waals surface area contributed by atoms with Gasteiger partial charge < -0.3 is 89.9 Å². The van der Waals surface area contributed by atoms with Gasteiger partial charge >= 0.3 is 0 Å². The molecule has 3 aliphatic heterocycles. The summed E-state index contributed by atoms with van der Waals surface area (Å²) in [6, 6.07) is -0.991. The second-order valence-electron chi connectivity index (χ2n) is 29.6. The lowest BCUT2D eigenvalue weighted by molar-refractivity contribution is -0.379. The van der Waals surface area contributed by atoms with Crippen molar-refractivity contribution in [1.82, 2.24) is 5.32 Å². The van der Waals surface area contributed by atoms with Gasteiger partial charge in [-0.25, -0.2) is 0 Å². The van der Waals surface area contributed by atoms with E-state index in [-0.39, 0.29) is 18.9 Å². The van der Waals surface area contributed by atoms with E-state index in [0.29, 0.717) is 12.8 Å².